The smallest absolute Gasteiger partial charge is 0.253 e. The van der Waals surface area contributed by atoms with Crippen molar-refractivity contribution in [3.8, 4) is 5.75 Å². The van der Waals surface area contributed by atoms with Crippen molar-refractivity contribution in [3.05, 3.63) is 58.8 Å². The van der Waals surface area contributed by atoms with Crippen LogP contribution in [-0.4, -0.2) is 21.8 Å². The van der Waals surface area contributed by atoms with Gasteiger partial charge in [-0.2, -0.15) is 0 Å². The number of aromatic nitrogens is 2. The van der Waals surface area contributed by atoms with Crippen LogP contribution in [-0.2, 0) is 6.54 Å². The van der Waals surface area contributed by atoms with Gasteiger partial charge < -0.3 is 9.84 Å². The van der Waals surface area contributed by atoms with Crippen molar-refractivity contribution >= 4 is 0 Å². The number of hydrogen-bond acceptors (Lipinski definition) is 4. The fourth-order valence-corrected chi connectivity index (χ4v) is 1.74. The van der Waals surface area contributed by atoms with E-state index in [1.165, 1.54) is 23.2 Å². The molecule has 5 nitrogen and oxygen atoms in total. The fraction of sp³-hybridized carbons (Fsp3) is 0.231. The van der Waals surface area contributed by atoms with E-state index in [2.05, 4.69) is 4.98 Å². The van der Waals surface area contributed by atoms with Gasteiger partial charge in [-0.15, -0.1) is 0 Å². The van der Waals surface area contributed by atoms with Gasteiger partial charge in [0.2, 0.25) is 0 Å². The Balaban J connectivity index is 2.25. The molecule has 5 heteroatoms. The lowest BCUT2D eigenvalue weighted by Crippen LogP contribution is -2.22. The molecule has 0 saturated carbocycles. The molecule has 1 N–H and O–H groups in total. The number of ether oxygens (including phenoxy) is 1. The molecule has 1 heterocycles. The quantitative estimate of drug-likeness (QED) is 0.873. The van der Waals surface area contributed by atoms with E-state index in [4.69, 9.17) is 4.74 Å². The number of aliphatic hydroxyl groups excluding tert-OH is 1. The summed E-state index contributed by atoms with van der Waals surface area (Å²) in [4.78, 5) is 15.4. The lowest BCUT2D eigenvalue weighted by Gasteiger charge is -2.15. The second kappa shape index (κ2) is 5.46. The van der Waals surface area contributed by atoms with E-state index in [-0.39, 0.29) is 12.1 Å². The van der Waals surface area contributed by atoms with Gasteiger partial charge in [-0.05, 0) is 6.07 Å². The van der Waals surface area contributed by atoms with Crippen molar-refractivity contribution in [1.82, 2.24) is 9.55 Å². The molecule has 1 aromatic carbocycles. The van der Waals surface area contributed by atoms with Crippen LogP contribution in [0.4, 0.5) is 0 Å². The Morgan fingerprint density at radius 3 is 2.89 bits per heavy atom. The van der Waals surface area contributed by atoms with Crippen LogP contribution in [0.1, 0.15) is 11.7 Å². The average Bonchev–Trinajstić information content (AvgIpc) is 2.41. The Labute approximate surface area is 104 Å². The molecule has 0 bridgehead atoms. The van der Waals surface area contributed by atoms with E-state index < -0.39 is 6.10 Å². The van der Waals surface area contributed by atoms with Gasteiger partial charge >= 0.3 is 0 Å². The first kappa shape index (κ1) is 12.3. The highest BCUT2D eigenvalue weighted by Gasteiger charge is 2.13. The van der Waals surface area contributed by atoms with Crippen LogP contribution in [0.5, 0.6) is 5.75 Å². The molecule has 2 aromatic rings. The number of nitrogens with zero attached hydrogens (tertiary/aromatic N) is 2. The number of para-hydroxylation sites is 1. The van der Waals surface area contributed by atoms with Gasteiger partial charge in [0, 0.05) is 17.8 Å². The molecule has 94 valence electrons. The van der Waals surface area contributed by atoms with Gasteiger partial charge in [-0.1, -0.05) is 18.2 Å². The molecule has 0 saturated heterocycles. The van der Waals surface area contributed by atoms with E-state index in [0.717, 1.165) is 0 Å². The maximum Gasteiger partial charge on any atom is 0.253 e. The number of aliphatic hydroxyl groups is 1. The molecule has 2 rings (SSSR count). The van der Waals surface area contributed by atoms with Crippen LogP contribution < -0.4 is 10.3 Å². The third-order valence-electron chi connectivity index (χ3n) is 2.66. The minimum Gasteiger partial charge on any atom is -0.496 e. The molecule has 0 amide bonds. The summed E-state index contributed by atoms with van der Waals surface area (Å²) in [5.74, 6) is 0.599. The SMILES string of the molecule is COc1ccccc1C(O)Cn1cnccc1=O. The fourth-order valence-electron chi connectivity index (χ4n) is 1.74. The van der Waals surface area contributed by atoms with E-state index in [1.54, 1.807) is 19.2 Å². The van der Waals surface area contributed by atoms with E-state index in [1.807, 2.05) is 12.1 Å². The van der Waals surface area contributed by atoms with Gasteiger partial charge in [0.15, 0.2) is 0 Å². The number of hydrogen-bond donors (Lipinski definition) is 1. The lowest BCUT2D eigenvalue weighted by atomic mass is 10.1. The normalized spacial score (nSPS) is 12.1. The summed E-state index contributed by atoms with van der Waals surface area (Å²) in [6.45, 7) is 0.146. The maximum absolute atomic E-state index is 11.5. The van der Waals surface area contributed by atoms with Crippen molar-refractivity contribution in [2.45, 2.75) is 12.6 Å². The first-order valence-electron chi connectivity index (χ1n) is 5.54. The Hall–Kier alpha value is -2.14. The van der Waals surface area contributed by atoms with Crippen LogP contribution in [0.15, 0.2) is 47.7 Å². The molecule has 0 aliphatic carbocycles. The van der Waals surface area contributed by atoms with Gasteiger partial charge in [-0.3, -0.25) is 9.36 Å². The second-order valence-corrected chi connectivity index (χ2v) is 3.83. The van der Waals surface area contributed by atoms with E-state index >= 15 is 0 Å². The number of benzene rings is 1. The topological polar surface area (TPSA) is 64.3 Å². The van der Waals surface area contributed by atoms with E-state index in [9.17, 15) is 9.90 Å². The molecule has 0 radical (unpaired) electrons. The molecule has 1 atom stereocenters. The molecule has 0 aliphatic rings. The van der Waals surface area contributed by atoms with Crippen molar-refractivity contribution in [2.75, 3.05) is 7.11 Å². The summed E-state index contributed by atoms with van der Waals surface area (Å²) in [6.07, 6.45) is 2.01. The molecule has 0 spiro atoms. The predicted octanol–water partition coefficient (Wildman–Crippen LogP) is 0.985. The third kappa shape index (κ3) is 2.57. The molecular weight excluding hydrogens is 232 g/mol. The average molecular weight is 246 g/mol. The first-order chi connectivity index (χ1) is 8.72. The minimum atomic E-state index is -0.817. The Morgan fingerprint density at radius 1 is 1.39 bits per heavy atom. The summed E-state index contributed by atoms with van der Waals surface area (Å²) in [5.41, 5.74) is 0.453. The minimum absolute atomic E-state index is 0.146. The number of methoxy groups -OCH3 is 1. The standard InChI is InChI=1S/C13H14N2O3/c1-18-12-5-3-2-4-10(12)11(16)8-15-9-14-7-6-13(15)17/h2-7,9,11,16H,8H2,1H3. The summed E-state index contributed by atoms with van der Waals surface area (Å²) in [6, 6.07) is 8.53. The zero-order valence-electron chi connectivity index (χ0n) is 9.98. The highest BCUT2D eigenvalue weighted by molar-refractivity contribution is 5.34. The van der Waals surface area contributed by atoms with Crippen molar-refractivity contribution in [3.63, 3.8) is 0 Å². The first-order valence-corrected chi connectivity index (χ1v) is 5.54. The maximum atomic E-state index is 11.5. The number of rotatable bonds is 4. The van der Waals surface area contributed by atoms with Crippen molar-refractivity contribution < 1.29 is 9.84 Å². The molecular formula is C13H14N2O3. The Morgan fingerprint density at radius 2 is 2.17 bits per heavy atom. The summed E-state index contributed by atoms with van der Waals surface area (Å²) < 4.78 is 6.53. The lowest BCUT2D eigenvalue weighted by molar-refractivity contribution is 0.151. The molecule has 0 aliphatic heterocycles. The van der Waals surface area contributed by atoms with Crippen LogP contribution in [0, 0.1) is 0 Å². The zero-order chi connectivity index (χ0) is 13.0. The van der Waals surface area contributed by atoms with Crippen LogP contribution in [0.3, 0.4) is 0 Å². The van der Waals surface area contributed by atoms with Crippen LogP contribution >= 0.6 is 0 Å². The highest BCUT2D eigenvalue weighted by atomic mass is 16.5. The van der Waals surface area contributed by atoms with Gasteiger partial charge in [0.05, 0.1) is 20.0 Å². The van der Waals surface area contributed by atoms with Gasteiger partial charge in [0.1, 0.15) is 11.9 Å². The van der Waals surface area contributed by atoms with Crippen molar-refractivity contribution in [1.29, 1.82) is 0 Å². The predicted molar refractivity (Wildman–Crippen MR) is 66.5 cm³/mol. The van der Waals surface area contributed by atoms with Crippen LogP contribution in [0.2, 0.25) is 0 Å². The highest BCUT2D eigenvalue weighted by Crippen LogP contribution is 2.25. The van der Waals surface area contributed by atoms with E-state index in [0.29, 0.717) is 11.3 Å². The Kier molecular flexibility index (Phi) is 3.74. The molecule has 18 heavy (non-hydrogen) atoms. The van der Waals surface area contributed by atoms with Crippen molar-refractivity contribution in [2.24, 2.45) is 0 Å². The Bertz CT molecular complexity index is 580. The van der Waals surface area contributed by atoms with Crippen LogP contribution in [0.25, 0.3) is 0 Å². The molecule has 0 fully saturated rings. The largest absolute Gasteiger partial charge is 0.496 e. The third-order valence-corrected chi connectivity index (χ3v) is 2.66. The monoisotopic (exact) mass is 246 g/mol. The van der Waals surface area contributed by atoms with Gasteiger partial charge in [0.25, 0.3) is 5.56 Å². The van der Waals surface area contributed by atoms with Gasteiger partial charge in [-0.25, -0.2) is 4.98 Å². The zero-order valence-corrected chi connectivity index (χ0v) is 9.98. The summed E-state index contributed by atoms with van der Waals surface area (Å²) in [5, 5.41) is 10.1. The second-order valence-electron chi connectivity index (χ2n) is 3.83. The summed E-state index contributed by atoms with van der Waals surface area (Å²) >= 11 is 0. The summed E-state index contributed by atoms with van der Waals surface area (Å²) in [7, 11) is 1.54. The molecule has 1 aromatic heterocycles. The molecule has 1 unspecified atom stereocenters.